The first-order valence-corrected chi connectivity index (χ1v) is 9.96. The highest BCUT2D eigenvalue weighted by Gasteiger charge is 2.15. The molecule has 0 amide bonds. The van der Waals surface area contributed by atoms with E-state index in [1.54, 1.807) is 18.3 Å². The van der Waals surface area contributed by atoms with Crippen LogP contribution in [0.5, 0.6) is 0 Å². The van der Waals surface area contributed by atoms with Gasteiger partial charge in [0, 0.05) is 31.0 Å². The summed E-state index contributed by atoms with van der Waals surface area (Å²) >= 11 is 0. The summed E-state index contributed by atoms with van der Waals surface area (Å²) in [6.07, 6.45) is 4.09. The number of piperidine rings is 1. The first-order chi connectivity index (χ1) is 14.2. The fourth-order valence-electron chi connectivity index (χ4n) is 3.39. The van der Waals surface area contributed by atoms with Crippen molar-refractivity contribution < 1.29 is 4.39 Å². The lowest BCUT2D eigenvalue weighted by Crippen LogP contribution is -2.32. The van der Waals surface area contributed by atoms with E-state index < -0.39 is 0 Å². The third-order valence-electron chi connectivity index (χ3n) is 5.21. The molecule has 0 aliphatic carbocycles. The first-order valence-electron chi connectivity index (χ1n) is 9.96. The van der Waals surface area contributed by atoms with E-state index in [-0.39, 0.29) is 5.82 Å². The first kappa shape index (κ1) is 19.1. The van der Waals surface area contributed by atoms with Crippen LogP contribution in [-0.4, -0.2) is 28.3 Å². The van der Waals surface area contributed by atoms with E-state index in [0.717, 1.165) is 30.3 Å². The normalized spacial score (nSPS) is 14.6. The highest BCUT2D eigenvalue weighted by atomic mass is 19.1. The van der Waals surface area contributed by atoms with Crippen LogP contribution in [0.4, 0.5) is 27.5 Å². The molecule has 1 aliphatic heterocycles. The third-order valence-corrected chi connectivity index (χ3v) is 5.21. The minimum atomic E-state index is -0.251. The Labute approximate surface area is 170 Å². The van der Waals surface area contributed by atoms with Gasteiger partial charge in [-0.2, -0.15) is 10.1 Å². The van der Waals surface area contributed by atoms with Crippen LogP contribution in [0.3, 0.4) is 0 Å². The van der Waals surface area contributed by atoms with Crippen LogP contribution in [0.2, 0.25) is 0 Å². The fourth-order valence-corrected chi connectivity index (χ4v) is 3.39. The molecule has 4 rings (SSSR count). The molecule has 0 unspecified atom stereocenters. The molecule has 6 nitrogen and oxygen atoms in total. The molecular formula is C22H25FN6. The third kappa shape index (κ3) is 5.19. The summed E-state index contributed by atoms with van der Waals surface area (Å²) in [5.41, 5.74) is 3.14. The molecule has 2 N–H and O–H groups in total. The van der Waals surface area contributed by atoms with Crippen molar-refractivity contribution in [1.82, 2.24) is 15.2 Å². The molecule has 1 aliphatic rings. The van der Waals surface area contributed by atoms with E-state index >= 15 is 0 Å². The zero-order valence-corrected chi connectivity index (χ0v) is 16.5. The summed E-state index contributed by atoms with van der Waals surface area (Å²) in [6.45, 7) is 5.05. The molecule has 0 atom stereocenters. The van der Waals surface area contributed by atoms with Crippen LogP contribution in [-0.2, 0) is 6.54 Å². The van der Waals surface area contributed by atoms with Crippen molar-refractivity contribution in [3.63, 3.8) is 0 Å². The summed E-state index contributed by atoms with van der Waals surface area (Å²) < 4.78 is 13.0. The van der Waals surface area contributed by atoms with Gasteiger partial charge in [-0.3, -0.25) is 0 Å². The predicted octanol–water partition coefficient (Wildman–Crippen LogP) is 4.60. The highest BCUT2D eigenvalue weighted by Crippen LogP contribution is 2.25. The molecule has 1 saturated heterocycles. The average molecular weight is 392 g/mol. The molecule has 0 saturated carbocycles. The molecule has 0 radical (unpaired) electrons. The Morgan fingerprint density at radius 2 is 1.76 bits per heavy atom. The fraction of sp³-hybridized carbons (Fsp3) is 0.318. The minimum absolute atomic E-state index is 0.251. The number of halogens is 1. The van der Waals surface area contributed by atoms with Gasteiger partial charge in [-0.05, 0) is 60.7 Å². The van der Waals surface area contributed by atoms with Gasteiger partial charge in [0.15, 0.2) is 5.82 Å². The maximum atomic E-state index is 13.0. The van der Waals surface area contributed by atoms with Gasteiger partial charge in [-0.15, -0.1) is 5.10 Å². The lowest BCUT2D eigenvalue weighted by atomic mass is 9.99. The number of aromatic nitrogens is 3. The highest BCUT2D eigenvalue weighted by molar-refractivity contribution is 5.61. The van der Waals surface area contributed by atoms with Crippen LogP contribution in [0, 0.1) is 11.7 Å². The van der Waals surface area contributed by atoms with Crippen molar-refractivity contribution in [3.8, 4) is 0 Å². The zero-order valence-electron chi connectivity index (χ0n) is 16.5. The van der Waals surface area contributed by atoms with E-state index in [1.807, 2.05) is 0 Å². The average Bonchev–Trinajstić information content (AvgIpc) is 2.75. The number of nitrogens with zero attached hydrogens (tertiary/aromatic N) is 4. The minimum Gasteiger partial charge on any atom is -0.372 e. The van der Waals surface area contributed by atoms with Gasteiger partial charge in [0.1, 0.15) is 5.82 Å². The van der Waals surface area contributed by atoms with Gasteiger partial charge in [-0.1, -0.05) is 19.1 Å². The molecule has 0 bridgehead atoms. The van der Waals surface area contributed by atoms with Crippen LogP contribution in [0.1, 0.15) is 25.3 Å². The molecule has 150 valence electrons. The van der Waals surface area contributed by atoms with Gasteiger partial charge >= 0.3 is 0 Å². The standard InChI is InChI=1S/C22H25FN6/c1-16-10-12-29(13-11-16)20-8-6-19(7-9-20)26-21-15-25-28-22(27-21)24-14-17-2-4-18(23)5-3-17/h2-9,15-16H,10-14H2,1H3,(H2,24,26,27,28). The van der Waals surface area contributed by atoms with Crippen molar-refractivity contribution in [2.75, 3.05) is 28.6 Å². The van der Waals surface area contributed by atoms with Crippen molar-refractivity contribution in [2.24, 2.45) is 5.92 Å². The number of nitrogens with one attached hydrogen (secondary N) is 2. The molecule has 2 aromatic carbocycles. The van der Waals surface area contributed by atoms with E-state index in [0.29, 0.717) is 18.3 Å². The van der Waals surface area contributed by atoms with Crippen LogP contribution in [0.25, 0.3) is 0 Å². The maximum Gasteiger partial charge on any atom is 0.244 e. The monoisotopic (exact) mass is 392 g/mol. The summed E-state index contributed by atoms with van der Waals surface area (Å²) in [6, 6.07) is 14.7. The van der Waals surface area contributed by atoms with Gasteiger partial charge in [0.05, 0.1) is 6.20 Å². The van der Waals surface area contributed by atoms with Crippen molar-refractivity contribution in [2.45, 2.75) is 26.3 Å². The van der Waals surface area contributed by atoms with Crippen molar-refractivity contribution >= 4 is 23.1 Å². The summed E-state index contributed by atoms with van der Waals surface area (Å²) in [5, 5.41) is 14.4. The SMILES string of the molecule is CC1CCN(c2ccc(Nc3cnnc(NCc4ccc(F)cc4)n3)cc2)CC1. The molecule has 7 heteroatoms. The van der Waals surface area contributed by atoms with E-state index in [9.17, 15) is 4.39 Å². The smallest absolute Gasteiger partial charge is 0.244 e. The number of hydrogen-bond acceptors (Lipinski definition) is 6. The Morgan fingerprint density at radius 3 is 2.48 bits per heavy atom. The molecular weight excluding hydrogens is 367 g/mol. The zero-order chi connectivity index (χ0) is 20.1. The number of benzene rings is 2. The number of hydrogen-bond donors (Lipinski definition) is 2. The summed E-state index contributed by atoms with van der Waals surface area (Å²) in [7, 11) is 0. The van der Waals surface area contributed by atoms with Gasteiger partial charge in [-0.25, -0.2) is 4.39 Å². The second-order valence-corrected chi connectivity index (χ2v) is 7.49. The molecule has 2 heterocycles. The molecule has 1 fully saturated rings. The molecule has 1 aromatic heterocycles. The Morgan fingerprint density at radius 1 is 1.03 bits per heavy atom. The Kier molecular flexibility index (Phi) is 5.84. The predicted molar refractivity (Wildman–Crippen MR) is 114 cm³/mol. The second kappa shape index (κ2) is 8.86. The van der Waals surface area contributed by atoms with Crippen LogP contribution in [0.15, 0.2) is 54.7 Å². The largest absolute Gasteiger partial charge is 0.372 e. The Hall–Kier alpha value is -3.22. The van der Waals surface area contributed by atoms with Gasteiger partial charge < -0.3 is 15.5 Å². The maximum absolute atomic E-state index is 13.0. The summed E-state index contributed by atoms with van der Waals surface area (Å²) in [4.78, 5) is 6.88. The Bertz CT molecular complexity index is 921. The molecule has 0 spiro atoms. The number of anilines is 4. The second-order valence-electron chi connectivity index (χ2n) is 7.49. The van der Waals surface area contributed by atoms with Crippen molar-refractivity contribution in [1.29, 1.82) is 0 Å². The van der Waals surface area contributed by atoms with Gasteiger partial charge in [0.2, 0.25) is 5.95 Å². The molecule has 29 heavy (non-hydrogen) atoms. The molecule has 3 aromatic rings. The van der Waals surface area contributed by atoms with Gasteiger partial charge in [0.25, 0.3) is 0 Å². The Balaban J connectivity index is 1.35. The lowest BCUT2D eigenvalue weighted by molar-refractivity contribution is 0.438. The summed E-state index contributed by atoms with van der Waals surface area (Å²) in [5.74, 6) is 1.60. The number of rotatable bonds is 6. The van der Waals surface area contributed by atoms with Crippen LogP contribution >= 0.6 is 0 Å². The van der Waals surface area contributed by atoms with E-state index in [2.05, 4.69) is 61.9 Å². The van der Waals surface area contributed by atoms with Crippen LogP contribution < -0.4 is 15.5 Å². The van der Waals surface area contributed by atoms with E-state index in [4.69, 9.17) is 0 Å². The van der Waals surface area contributed by atoms with E-state index in [1.165, 1.54) is 30.7 Å². The lowest BCUT2D eigenvalue weighted by Gasteiger charge is -2.32. The topological polar surface area (TPSA) is 66.0 Å². The quantitative estimate of drug-likeness (QED) is 0.639. The van der Waals surface area contributed by atoms with Crippen molar-refractivity contribution in [3.05, 3.63) is 66.1 Å².